The van der Waals surface area contributed by atoms with Crippen molar-refractivity contribution >= 4 is 11.6 Å². The molecule has 0 unspecified atom stereocenters. The average Bonchev–Trinajstić information content (AvgIpc) is 2.80. The van der Waals surface area contributed by atoms with Gasteiger partial charge in [0, 0.05) is 30.6 Å². The van der Waals surface area contributed by atoms with Crippen molar-refractivity contribution < 1.29 is 19.8 Å². The standard InChI is InChI=1S/C21H32O4/c1-12(22)21(25)9-7-16-15-5-4-13-10-14(23)6-8-19(13,2)18(15)17(24)11-20(16,21)3/h12-13,15-16,18,22,25H,4-11H2,1-3H3/t12-,13+,15-,16-,18+,19-,20-,21-/m0/s1. The van der Waals surface area contributed by atoms with Gasteiger partial charge >= 0.3 is 0 Å². The quantitative estimate of drug-likeness (QED) is 0.764. The van der Waals surface area contributed by atoms with Gasteiger partial charge in [-0.05, 0) is 62.2 Å². The van der Waals surface area contributed by atoms with Gasteiger partial charge in [0.15, 0.2) is 0 Å². The number of rotatable bonds is 1. The van der Waals surface area contributed by atoms with E-state index in [0.29, 0.717) is 49.2 Å². The number of aliphatic hydroxyl groups is 2. The zero-order valence-electron chi connectivity index (χ0n) is 15.8. The molecule has 25 heavy (non-hydrogen) atoms. The number of carbonyl (C=O) groups excluding carboxylic acids is 2. The fraction of sp³-hybridized carbons (Fsp3) is 0.905. The molecule has 0 aromatic carbocycles. The number of fused-ring (bicyclic) bond motifs is 5. The van der Waals surface area contributed by atoms with Gasteiger partial charge in [-0.25, -0.2) is 0 Å². The fourth-order valence-corrected chi connectivity index (χ4v) is 7.58. The van der Waals surface area contributed by atoms with Crippen LogP contribution in [0.1, 0.15) is 72.1 Å². The number of Topliss-reactive ketones (excluding diaryl/α,β-unsaturated/α-hetero) is 2. The van der Waals surface area contributed by atoms with Gasteiger partial charge < -0.3 is 10.2 Å². The minimum atomic E-state index is -1.15. The van der Waals surface area contributed by atoms with Crippen LogP contribution in [0.5, 0.6) is 0 Å². The Morgan fingerprint density at radius 2 is 1.84 bits per heavy atom. The van der Waals surface area contributed by atoms with E-state index in [1.165, 1.54) is 0 Å². The molecular formula is C21H32O4. The van der Waals surface area contributed by atoms with Crippen LogP contribution in [0.4, 0.5) is 0 Å². The second kappa shape index (κ2) is 5.39. The first-order valence-corrected chi connectivity index (χ1v) is 10.1. The Balaban J connectivity index is 1.71. The normalized spacial score (nSPS) is 53.8. The smallest absolute Gasteiger partial charge is 0.137 e. The number of aliphatic hydroxyl groups excluding tert-OH is 1. The van der Waals surface area contributed by atoms with Gasteiger partial charge in [-0.3, -0.25) is 9.59 Å². The molecule has 8 atom stereocenters. The first kappa shape index (κ1) is 17.7. The molecule has 4 nitrogen and oxygen atoms in total. The summed E-state index contributed by atoms with van der Waals surface area (Å²) in [7, 11) is 0. The minimum Gasteiger partial charge on any atom is -0.390 e. The van der Waals surface area contributed by atoms with Crippen molar-refractivity contribution in [3.63, 3.8) is 0 Å². The summed E-state index contributed by atoms with van der Waals surface area (Å²) < 4.78 is 0. The van der Waals surface area contributed by atoms with Gasteiger partial charge in [0.2, 0.25) is 0 Å². The Morgan fingerprint density at radius 1 is 1.12 bits per heavy atom. The third kappa shape index (κ3) is 2.13. The van der Waals surface area contributed by atoms with Crippen LogP contribution in [-0.4, -0.2) is 33.5 Å². The molecule has 0 amide bonds. The lowest BCUT2D eigenvalue weighted by atomic mass is 9.44. The molecule has 0 radical (unpaired) electrons. The highest BCUT2D eigenvalue weighted by Gasteiger charge is 2.68. The largest absolute Gasteiger partial charge is 0.390 e. The molecular weight excluding hydrogens is 316 g/mol. The second-order valence-electron chi connectivity index (χ2n) is 9.97. The van der Waals surface area contributed by atoms with Crippen LogP contribution in [-0.2, 0) is 9.59 Å². The number of carbonyl (C=O) groups is 2. The molecule has 0 aromatic rings. The molecule has 0 aliphatic heterocycles. The molecule has 0 spiro atoms. The summed E-state index contributed by atoms with van der Waals surface area (Å²) in [6.07, 6.45) is 5.15. The van der Waals surface area contributed by atoms with Crippen LogP contribution in [0.2, 0.25) is 0 Å². The van der Waals surface area contributed by atoms with Crippen molar-refractivity contribution in [2.75, 3.05) is 0 Å². The highest BCUT2D eigenvalue weighted by Crippen LogP contribution is 2.67. The zero-order chi connectivity index (χ0) is 18.2. The molecule has 4 saturated carbocycles. The highest BCUT2D eigenvalue weighted by molar-refractivity contribution is 5.86. The average molecular weight is 348 g/mol. The van der Waals surface area contributed by atoms with Crippen molar-refractivity contribution in [2.45, 2.75) is 83.8 Å². The van der Waals surface area contributed by atoms with Crippen molar-refractivity contribution in [1.82, 2.24) is 0 Å². The molecule has 0 aromatic heterocycles. The van der Waals surface area contributed by atoms with Crippen LogP contribution in [0.15, 0.2) is 0 Å². The Labute approximate surface area is 150 Å². The van der Waals surface area contributed by atoms with Crippen molar-refractivity contribution in [1.29, 1.82) is 0 Å². The Kier molecular flexibility index (Phi) is 3.81. The van der Waals surface area contributed by atoms with Gasteiger partial charge in [-0.15, -0.1) is 0 Å². The van der Waals surface area contributed by atoms with Crippen LogP contribution < -0.4 is 0 Å². The maximum Gasteiger partial charge on any atom is 0.137 e. The lowest BCUT2D eigenvalue weighted by molar-refractivity contribution is -0.188. The van der Waals surface area contributed by atoms with Gasteiger partial charge in [0.1, 0.15) is 11.6 Å². The number of ketones is 2. The summed E-state index contributed by atoms with van der Waals surface area (Å²) in [6.45, 7) is 5.94. The lowest BCUT2D eigenvalue weighted by Gasteiger charge is -2.60. The Hall–Kier alpha value is -0.740. The predicted molar refractivity (Wildman–Crippen MR) is 93.8 cm³/mol. The minimum absolute atomic E-state index is 0.0359. The molecule has 0 bridgehead atoms. The zero-order valence-corrected chi connectivity index (χ0v) is 15.8. The van der Waals surface area contributed by atoms with E-state index in [-0.39, 0.29) is 17.1 Å². The van der Waals surface area contributed by atoms with E-state index in [9.17, 15) is 19.8 Å². The molecule has 4 fully saturated rings. The molecule has 0 saturated heterocycles. The van der Waals surface area contributed by atoms with Crippen molar-refractivity contribution in [3.8, 4) is 0 Å². The summed E-state index contributed by atoms with van der Waals surface area (Å²) in [5.74, 6) is 1.61. The van der Waals surface area contributed by atoms with E-state index in [1.54, 1.807) is 6.92 Å². The molecule has 4 heteroatoms. The van der Waals surface area contributed by atoms with Crippen molar-refractivity contribution in [2.24, 2.45) is 34.5 Å². The number of hydrogen-bond acceptors (Lipinski definition) is 4. The van der Waals surface area contributed by atoms with E-state index in [4.69, 9.17) is 0 Å². The third-order valence-corrected chi connectivity index (χ3v) is 9.08. The Bertz CT molecular complexity index is 613. The SMILES string of the molecule is C[C@H](O)[C@@]1(O)CC[C@H]2[C@@H]3CC[C@@H]4CC(=O)CC[C@]4(C)[C@H]3C(=O)C[C@@]21C. The summed E-state index contributed by atoms with van der Waals surface area (Å²) in [6, 6.07) is 0. The van der Waals surface area contributed by atoms with Gasteiger partial charge in [0.25, 0.3) is 0 Å². The van der Waals surface area contributed by atoms with E-state index >= 15 is 0 Å². The second-order valence-corrected chi connectivity index (χ2v) is 9.97. The van der Waals surface area contributed by atoms with Crippen LogP contribution in [0.25, 0.3) is 0 Å². The molecule has 4 rings (SSSR count). The van der Waals surface area contributed by atoms with E-state index in [1.807, 2.05) is 6.92 Å². The number of hydrogen-bond donors (Lipinski definition) is 2. The monoisotopic (exact) mass is 348 g/mol. The lowest BCUT2D eigenvalue weighted by Crippen LogP contribution is -2.62. The van der Waals surface area contributed by atoms with Crippen LogP contribution >= 0.6 is 0 Å². The van der Waals surface area contributed by atoms with E-state index in [2.05, 4.69) is 6.92 Å². The van der Waals surface area contributed by atoms with Crippen LogP contribution in [0, 0.1) is 34.5 Å². The predicted octanol–water partition coefficient (Wildman–Crippen LogP) is 2.89. The van der Waals surface area contributed by atoms with Gasteiger partial charge in [-0.1, -0.05) is 13.8 Å². The van der Waals surface area contributed by atoms with Crippen LogP contribution in [0.3, 0.4) is 0 Å². The third-order valence-electron chi connectivity index (χ3n) is 9.08. The maximum atomic E-state index is 13.4. The van der Waals surface area contributed by atoms with Gasteiger partial charge in [-0.2, -0.15) is 0 Å². The first-order valence-electron chi connectivity index (χ1n) is 10.1. The fourth-order valence-electron chi connectivity index (χ4n) is 7.58. The maximum absolute atomic E-state index is 13.4. The molecule has 140 valence electrons. The summed E-state index contributed by atoms with van der Waals surface area (Å²) >= 11 is 0. The van der Waals surface area contributed by atoms with Gasteiger partial charge in [0.05, 0.1) is 11.7 Å². The van der Waals surface area contributed by atoms with Crippen molar-refractivity contribution in [3.05, 3.63) is 0 Å². The first-order chi connectivity index (χ1) is 11.6. The highest BCUT2D eigenvalue weighted by atomic mass is 16.3. The Morgan fingerprint density at radius 3 is 2.52 bits per heavy atom. The molecule has 4 aliphatic carbocycles. The topological polar surface area (TPSA) is 74.6 Å². The molecule has 4 aliphatic rings. The summed E-state index contributed by atoms with van der Waals surface area (Å²) in [5.41, 5.74) is -1.73. The summed E-state index contributed by atoms with van der Waals surface area (Å²) in [5, 5.41) is 21.5. The van der Waals surface area contributed by atoms with E-state index < -0.39 is 17.1 Å². The molecule has 0 heterocycles. The van der Waals surface area contributed by atoms with E-state index in [0.717, 1.165) is 25.7 Å². The summed E-state index contributed by atoms with van der Waals surface area (Å²) in [4.78, 5) is 25.3. The molecule has 2 N–H and O–H groups in total.